The van der Waals surface area contributed by atoms with Crippen molar-refractivity contribution in [3.05, 3.63) is 0 Å². The average molecular weight is 509 g/mol. The van der Waals surface area contributed by atoms with Gasteiger partial charge in [0.2, 0.25) is 0 Å². The first-order chi connectivity index (χ1) is 13.1. The van der Waals surface area contributed by atoms with Crippen LogP contribution in [0.25, 0.3) is 0 Å². The number of carbonyl (C=O) groups excluding carboxylic acids is 1. The van der Waals surface area contributed by atoms with Gasteiger partial charge in [-0.1, -0.05) is 13.8 Å². The van der Waals surface area contributed by atoms with E-state index >= 15 is 0 Å². The van der Waals surface area contributed by atoms with Crippen LogP contribution in [0.15, 0.2) is 4.99 Å². The van der Waals surface area contributed by atoms with Crippen molar-refractivity contribution in [1.82, 2.24) is 20.0 Å². The van der Waals surface area contributed by atoms with E-state index < -0.39 is 0 Å². The molecule has 0 radical (unpaired) electrons. The summed E-state index contributed by atoms with van der Waals surface area (Å²) in [6, 6.07) is 0. The fourth-order valence-corrected chi connectivity index (χ4v) is 4.01. The van der Waals surface area contributed by atoms with E-state index in [1.807, 2.05) is 14.0 Å². The van der Waals surface area contributed by atoms with Crippen molar-refractivity contribution < 1.29 is 9.53 Å². The van der Waals surface area contributed by atoms with Crippen LogP contribution >= 0.6 is 24.0 Å². The Kier molecular flexibility index (Phi) is 12.3. The summed E-state index contributed by atoms with van der Waals surface area (Å²) in [7, 11) is 1.82. The zero-order chi connectivity index (χ0) is 19.6. The zero-order valence-electron chi connectivity index (χ0n) is 18.2. The summed E-state index contributed by atoms with van der Waals surface area (Å²) in [5, 5.41) is 3.53. The van der Waals surface area contributed by atoms with Gasteiger partial charge >= 0.3 is 5.97 Å². The highest BCUT2D eigenvalue weighted by atomic mass is 127. The van der Waals surface area contributed by atoms with Crippen LogP contribution in [0.3, 0.4) is 0 Å². The van der Waals surface area contributed by atoms with E-state index in [0.29, 0.717) is 19.1 Å². The summed E-state index contributed by atoms with van der Waals surface area (Å²) in [4.78, 5) is 23.8. The van der Waals surface area contributed by atoms with Gasteiger partial charge in [-0.3, -0.25) is 9.79 Å². The number of carbonyl (C=O) groups is 1. The fourth-order valence-electron chi connectivity index (χ4n) is 4.01. The Balaban J connectivity index is 0.00000392. The minimum absolute atomic E-state index is 0. The molecule has 2 rings (SSSR count). The standard InChI is InChI=1S/C20H39N5O2.HI/c1-5-23-10-12-24(13-11-23)15-17(3)14-22-20(21-4)25-9-7-8-18(16-25)19(26)27-6-2;/h17-18H,5-16H2,1-4H3,(H,21,22);1H. The van der Waals surface area contributed by atoms with Gasteiger partial charge < -0.3 is 24.8 Å². The lowest BCUT2D eigenvalue weighted by atomic mass is 9.98. The molecule has 0 saturated carbocycles. The highest BCUT2D eigenvalue weighted by Crippen LogP contribution is 2.18. The van der Waals surface area contributed by atoms with Gasteiger partial charge in [-0.2, -0.15) is 0 Å². The number of likely N-dealkylation sites (tertiary alicyclic amines) is 1. The van der Waals surface area contributed by atoms with E-state index in [1.54, 1.807) is 0 Å². The van der Waals surface area contributed by atoms with Crippen LogP contribution in [0.4, 0.5) is 0 Å². The van der Waals surface area contributed by atoms with E-state index in [-0.39, 0.29) is 35.9 Å². The quantitative estimate of drug-likeness (QED) is 0.244. The molecule has 8 heteroatoms. The first-order valence-electron chi connectivity index (χ1n) is 10.6. The summed E-state index contributed by atoms with van der Waals surface area (Å²) in [5.74, 6) is 1.36. The number of nitrogens with zero attached hydrogens (tertiary/aromatic N) is 4. The maximum absolute atomic E-state index is 12.1. The van der Waals surface area contributed by atoms with Gasteiger partial charge in [0.1, 0.15) is 0 Å². The van der Waals surface area contributed by atoms with Crippen LogP contribution in [0.2, 0.25) is 0 Å². The second kappa shape index (κ2) is 13.6. The van der Waals surface area contributed by atoms with E-state index in [0.717, 1.165) is 45.0 Å². The van der Waals surface area contributed by atoms with Gasteiger partial charge in [0.05, 0.1) is 12.5 Å². The fraction of sp³-hybridized carbons (Fsp3) is 0.900. The van der Waals surface area contributed by atoms with Crippen LogP contribution in [0.5, 0.6) is 0 Å². The smallest absolute Gasteiger partial charge is 0.310 e. The third-order valence-corrected chi connectivity index (χ3v) is 5.64. The zero-order valence-corrected chi connectivity index (χ0v) is 20.5. The second-order valence-corrected chi connectivity index (χ2v) is 7.81. The Bertz CT molecular complexity index is 483. The molecule has 28 heavy (non-hydrogen) atoms. The number of rotatable bonds is 7. The number of hydrogen-bond acceptors (Lipinski definition) is 5. The first kappa shape index (κ1) is 25.4. The topological polar surface area (TPSA) is 60.4 Å². The summed E-state index contributed by atoms with van der Waals surface area (Å²) in [5.41, 5.74) is 0. The SMILES string of the molecule is CCOC(=O)C1CCCN(C(=NC)NCC(C)CN2CCN(CC)CC2)C1.I. The molecule has 0 spiro atoms. The Hall–Kier alpha value is -0.610. The predicted molar refractivity (Wildman–Crippen MR) is 125 cm³/mol. The van der Waals surface area contributed by atoms with Gasteiger partial charge in [0, 0.05) is 59.4 Å². The molecule has 0 aliphatic carbocycles. The lowest BCUT2D eigenvalue weighted by molar-refractivity contribution is -0.149. The Morgan fingerprint density at radius 1 is 1.18 bits per heavy atom. The van der Waals surface area contributed by atoms with Gasteiger partial charge in [0.25, 0.3) is 0 Å². The van der Waals surface area contributed by atoms with Crippen LogP contribution < -0.4 is 5.32 Å². The number of esters is 1. The van der Waals surface area contributed by atoms with Gasteiger partial charge in [-0.05, 0) is 32.2 Å². The van der Waals surface area contributed by atoms with Crippen molar-refractivity contribution in [2.24, 2.45) is 16.8 Å². The number of piperazine rings is 1. The molecule has 1 N–H and O–H groups in total. The number of ether oxygens (including phenoxy) is 1. The third kappa shape index (κ3) is 8.02. The molecule has 0 aromatic heterocycles. The Labute approximate surface area is 188 Å². The molecule has 0 bridgehead atoms. The van der Waals surface area contributed by atoms with E-state index in [4.69, 9.17) is 4.74 Å². The molecule has 0 aromatic carbocycles. The number of nitrogens with one attached hydrogen (secondary N) is 1. The van der Waals surface area contributed by atoms with Crippen molar-refractivity contribution in [3.63, 3.8) is 0 Å². The molecule has 164 valence electrons. The Morgan fingerprint density at radius 2 is 1.86 bits per heavy atom. The Morgan fingerprint density at radius 3 is 2.46 bits per heavy atom. The normalized spacial score (nSPS) is 23.1. The van der Waals surface area contributed by atoms with Gasteiger partial charge in [0.15, 0.2) is 5.96 Å². The molecule has 7 nitrogen and oxygen atoms in total. The van der Waals surface area contributed by atoms with Crippen molar-refractivity contribution in [3.8, 4) is 0 Å². The first-order valence-corrected chi connectivity index (χ1v) is 10.6. The lowest BCUT2D eigenvalue weighted by Gasteiger charge is -2.36. The molecule has 0 amide bonds. The highest BCUT2D eigenvalue weighted by molar-refractivity contribution is 14.0. The molecular weight excluding hydrogens is 469 g/mol. The maximum Gasteiger partial charge on any atom is 0.310 e. The third-order valence-electron chi connectivity index (χ3n) is 5.64. The summed E-state index contributed by atoms with van der Waals surface area (Å²) in [6.45, 7) is 16.4. The molecule has 2 heterocycles. The van der Waals surface area contributed by atoms with Crippen molar-refractivity contribution >= 4 is 35.9 Å². The molecule has 2 atom stereocenters. The van der Waals surface area contributed by atoms with Crippen LogP contribution in [-0.4, -0.2) is 99.2 Å². The number of halogens is 1. The largest absolute Gasteiger partial charge is 0.466 e. The number of hydrogen-bond donors (Lipinski definition) is 1. The van der Waals surface area contributed by atoms with E-state index in [2.05, 4.69) is 38.9 Å². The maximum atomic E-state index is 12.1. The molecule has 2 aliphatic rings. The predicted octanol–water partition coefficient (Wildman–Crippen LogP) is 1.73. The number of guanidine groups is 1. The highest BCUT2D eigenvalue weighted by Gasteiger charge is 2.28. The van der Waals surface area contributed by atoms with Crippen molar-refractivity contribution in [2.75, 3.05) is 72.6 Å². The molecule has 0 aromatic rings. The average Bonchev–Trinajstić information content (AvgIpc) is 2.69. The van der Waals surface area contributed by atoms with Gasteiger partial charge in [-0.15, -0.1) is 24.0 Å². The monoisotopic (exact) mass is 509 g/mol. The van der Waals surface area contributed by atoms with E-state index in [9.17, 15) is 4.79 Å². The summed E-state index contributed by atoms with van der Waals surface area (Å²) >= 11 is 0. The minimum atomic E-state index is -0.0720. The van der Waals surface area contributed by atoms with Crippen LogP contribution in [0, 0.1) is 11.8 Å². The van der Waals surface area contributed by atoms with Crippen molar-refractivity contribution in [1.29, 1.82) is 0 Å². The molecule has 2 saturated heterocycles. The molecule has 2 aliphatic heterocycles. The van der Waals surface area contributed by atoms with Crippen LogP contribution in [0.1, 0.15) is 33.6 Å². The molecule has 2 unspecified atom stereocenters. The van der Waals surface area contributed by atoms with Crippen molar-refractivity contribution in [2.45, 2.75) is 33.6 Å². The minimum Gasteiger partial charge on any atom is -0.466 e. The summed E-state index contributed by atoms with van der Waals surface area (Å²) < 4.78 is 5.21. The van der Waals surface area contributed by atoms with Gasteiger partial charge in [-0.25, -0.2) is 0 Å². The van der Waals surface area contributed by atoms with E-state index in [1.165, 1.54) is 26.2 Å². The molecule has 2 fully saturated rings. The molecular formula is C20H40IN5O2. The number of aliphatic imine (C=N–C) groups is 1. The lowest BCUT2D eigenvalue weighted by Crippen LogP contribution is -2.50. The number of likely N-dealkylation sites (N-methyl/N-ethyl adjacent to an activating group) is 1. The van der Waals surface area contributed by atoms with Crippen LogP contribution in [-0.2, 0) is 9.53 Å². The number of piperidine rings is 1. The summed E-state index contributed by atoms with van der Waals surface area (Å²) in [6.07, 6.45) is 1.91. The second-order valence-electron chi connectivity index (χ2n) is 7.81.